The van der Waals surface area contributed by atoms with Crippen molar-refractivity contribution in [3.63, 3.8) is 0 Å². The maximum atomic E-state index is 11.4. The molecule has 356 valence electrons. The van der Waals surface area contributed by atoms with Crippen molar-refractivity contribution in [2.45, 2.75) is 209 Å². The van der Waals surface area contributed by atoms with Gasteiger partial charge in [0.25, 0.3) is 0 Å². The smallest absolute Gasteiger partial charge is 0.187 e. The number of aliphatic hydroxyl groups excluding tert-OH is 9. The van der Waals surface area contributed by atoms with E-state index < -0.39 is 111 Å². The molecule has 4 saturated carbocycles. The Morgan fingerprint density at radius 2 is 1.24 bits per heavy atom. The largest absolute Gasteiger partial charge is 0.394 e. The molecule has 62 heavy (non-hydrogen) atoms. The molecular formula is C45H74O17. The maximum Gasteiger partial charge on any atom is 0.187 e. The molecule has 27 atom stereocenters. The second-order valence-electron chi connectivity index (χ2n) is 21.5. The van der Waals surface area contributed by atoms with E-state index in [1.165, 1.54) is 19.3 Å². The van der Waals surface area contributed by atoms with Gasteiger partial charge in [0.2, 0.25) is 0 Å². The summed E-state index contributed by atoms with van der Waals surface area (Å²) in [4.78, 5) is 0. The molecule has 0 aromatic rings. The van der Waals surface area contributed by atoms with Crippen molar-refractivity contribution in [1.82, 2.24) is 0 Å². The number of aliphatic hydroxyl groups is 9. The van der Waals surface area contributed by atoms with Crippen molar-refractivity contribution in [3.05, 3.63) is 0 Å². The summed E-state index contributed by atoms with van der Waals surface area (Å²) in [5, 5.41) is 95.6. The molecule has 9 N–H and O–H groups in total. The molecule has 0 amide bonds. The minimum Gasteiger partial charge on any atom is -0.394 e. The molecule has 0 aromatic heterocycles. The molecule has 0 bridgehead atoms. The third kappa shape index (κ3) is 7.56. The molecule has 9 rings (SSSR count). The highest BCUT2D eigenvalue weighted by Crippen LogP contribution is 2.71. The zero-order chi connectivity index (χ0) is 44.2. The van der Waals surface area contributed by atoms with Gasteiger partial charge in [-0.25, -0.2) is 0 Å². The first-order valence-corrected chi connectivity index (χ1v) is 23.7. The van der Waals surface area contributed by atoms with Gasteiger partial charge in [0.15, 0.2) is 24.7 Å². The second-order valence-corrected chi connectivity index (χ2v) is 21.5. The van der Waals surface area contributed by atoms with E-state index in [9.17, 15) is 46.0 Å². The molecule has 9 aliphatic rings. The van der Waals surface area contributed by atoms with Gasteiger partial charge in [-0.15, -0.1) is 0 Å². The van der Waals surface area contributed by atoms with Gasteiger partial charge >= 0.3 is 0 Å². The first-order chi connectivity index (χ1) is 29.4. The molecule has 1 spiro atoms. The van der Waals surface area contributed by atoms with Crippen LogP contribution in [0.5, 0.6) is 0 Å². The van der Waals surface area contributed by atoms with E-state index in [-0.39, 0.29) is 23.0 Å². The molecule has 5 saturated heterocycles. The molecule has 17 heteroatoms. The number of hydrogen-bond donors (Lipinski definition) is 9. The van der Waals surface area contributed by atoms with Gasteiger partial charge in [-0.3, -0.25) is 0 Å². The van der Waals surface area contributed by atoms with E-state index in [1.807, 2.05) is 0 Å². The Kier molecular flexibility index (Phi) is 13.1. The molecule has 5 aliphatic heterocycles. The second kappa shape index (κ2) is 17.4. The highest BCUT2D eigenvalue weighted by Gasteiger charge is 2.69. The van der Waals surface area contributed by atoms with Crippen molar-refractivity contribution >= 4 is 0 Å². The fourth-order valence-corrected chi connectivity index (χ4v) is 14.6. The van der Waals surface area contributed by atoms with Crippen molar-refractivity contribution in [1.29, 1.82) is 0 Å². The van der Waals surface area contributed by atoms with Crippen molar-refractivity contribution < 1.29 is 83.9 Å². The van der Waals surface area contributed by atoms with E-state index in [2.05, 4.69) is 27.7 Å². The molecule has 0 radical (unpaired) electrons. The van der Waals surface area contributed by atoms with Crippen molar-refractivity contribution in [2.24, 2.45) is 52.3 Å². The van der Waals surface area contributed by atoms with Crippen LogP contribution in [0.2, 0.25) is 0 Å². The molecule has 4 aliphatic carbocycles. The Labute approximate surface area is 364 Å². The highest BCUT2D eigenvalue weighted by molar-refractivity contribution is 5.15. The summed E-state index contributed by atoms with van der Waals surface area (Å²) < 4.78 is 49.5. The van der Waals surface area contributed by atoms with E-state index in [1.54, 1.807) is 6.92 Å². The molecule has 0 aromatic carbocycles. The molecule has 17 nitrogen and oxygen atoms in total. The lowest BCUT2D eigenvalue weighted by Gasteiger charge is -2.61. The van der Waals surface area contributed by atoms with Crippen LogP contribution in [-0.4, -0.2) is 176 Å². The Hall–Kier alpha value is -0.680. The van der Waals surface area contributed by atoms with Crippen molar-refractivity contribution in [2.75, 3.05) is 19.8 Å². The lowest BCUT2D eigenvalue weighted by Crippen LogP contribution is -2.66. The zero-order valence-corrected chi connectivity index (χ0v) is 36.8. The fourth-order valence-electron chi connectivity index (χ4n) is 14.6. The number of ether oxygens (including phenoxy) is 8. The molecule has 9 fully saturated rings. The minimum atomic E-state index is -1.85. The lowest BCUT2D eigenvalue weighted by molar-refractivity contribution is -0.386. The van der Waals surface area contributed by atoms with Crippen molar-refractivity contribution in [3.8, 4) is 0 Å². The predicted molar refractivity (Wildman–Crippen MR) is 214 cm³/mol. The molecular weight excluding hydrogens is 812 g/mol. The van der Waals surface area contributed by atoms with Gasteiger partial charge in [-0.05, 0) is 111 Å². The van der Waals surface area contributed by atoms with Gasteiger partial charge in [-0.2, -0.15) is 0 Å². The fraction of sp³-hybridized carbons (Fsp3) is 1.00. The van der Waals surface area contributed by atoms with Crippen LogP contribution in [0.15, 0.2) is 0 Å². The predicted octanol–water partition coefficient (Wildman–Crippen LogP) is 0.294. The zero-order valence-electron chi connectivity index (χ0n) is 36.8. The van der Waals surface area contributed by atoms with Gasteiger partial charge < -0.3 is 83.9 Å². The van der Waals surface area contributed by atoms with E-state index in [0.29, 0.717) is 41.4 Å². The average Bonchev–Trinajstić information content (AvgIpc) is 3.70. The summed E-state index contributed by atoms with van der Waals surface area (Å²) in [5.41, 5.74) is 0.384. The maximum absolute atomic E-state index is 11.4. The van der Waals surface area contributed by atoms with E-state index in [4.69, 9.17) is 37.9 Å². The van der Waals surface area contributed by atoms with Crippen LogP contribution in [0.3, 0.4) is 0 Å². The lowest BCUT2D eigenvalue weighted by atomic mass is 9.44. The van der Waals surface area contributed by atoms with Gasteiger partial charge in [0.05, 0.1) is 38.1 Å². The summed E-state index contributed by atoms with van der Waals surface area (Å²) in [6.45, 7) is 10.7. The normalized spacial score (nSPS) is 58.9. The number of rotatable bonds is 8. The number of hydrogen-bond acceptors (Lipinski definition) is 17. The quantitative estimate of drug-likeness (QED) is 0.149. The van der Waals surface area contributed by atoms with Crippen LogP contribution < -0.4 is 0 Å². The minimum absolute atomic E-state index is 0.147. The van der Waals surface area contributed by atoms with Crippen LogP contribution in [0, 0.1) is 52.3 Å². The molecule has 5 heterocycles. The van der Waals surface area contributed by atoms with Crippen LogP contribution in [0.1, 0.15) is 98.8 Å². The van der Waals surface area contributed by atoms with E-state index in [0.717, 1.165) is 51.6 Å². The van der Waals surface area contributed by atoms with Gasteiger partial charge in [0.1, 0.15) is 67.1 Å². The Balaban J connectivity index is 0.844. The topological polar surface area (TPSA) is 256 Å². The summed E-state index contributed by atoms with van der Waals surface area (Å²) in [6.07, 6.45) is -12.2. The summed E-state index contributed by atoms with van der Waals surface area (Å²) in [6, 6.07) is 0. The Morgan fingerprint density at radius 3 is 1.94 bits per heavy atom. The third-order valence-electron chi connectivity index (χ3n) is 18.2. The summed E-state index contributed by atoms with van der Waals surface area (Å²) in [7, 11) is 0. The van der Waals surface area contributed by atoms with Crippen LogP contribution in [-0.2, 0) is 37.9 Å². The van der Waals surface area contributed by atoms with Gasteiger partial charge in [-0.1, -0.05) is 27.7 Å². The van der Waals surface area contributed by atoms with Crippen LogP contribution in [0.4, 0.5) is 0 Å². The number of fused-ring (bicyclic) bond motifs is 7. The first-order valence-electron chi connectivity index (χ1n) is 23.7. The van der Waals surface area contributed by atoms with Crippen LogP contribution >= 0.6 is 0 Å². The standard InChI is InChI=1S/C45H74O17/c1-19-8-13-45(55-18-19)20(2)30-27(62-45)15-26-24-7-6-22-14-23(9-11-43(22,4)25(24)10-12-44(26,30)5)57-42-39(34(51)31(48)21(3)56-42)61-41-37(54)35(52)38(29(17-47)59-41)60-40-36(53)33(50)32(49)28(16-46)58-40/h19-42,46-54H,6-18H2,1-5H3/t19-,20+,21+,22-,23+,24-,25+,26+,27+,28-,29-,30+,31+,32-,33+,34-,35-,36-,37-,38-,39-,40+,41+,42+,43+,44+,45-/m1/s1. The van der Waals surface area contributed by atoms with Crippen LogP contribution in [0.25, 0.3) is 0 Å². The Morgan fingerprint density at radius 1 is 0.581 bits per heavy atom. The SMILES string of the molecule is C[C@@H]1CC[C@@]2(OC1)O[C@H]1C[C@H]3[C@@H]4CC[C@@H]5C[C@@H](O[C@@H]6O[C@@H](C)[C@H](O)[C@@H](O)[C@H]6O[C@@H]6O[C@H](CO)[C@@H](O[C@@H]7O[C@H](CO)[C@@H](O)[C@H](O)[C@H]7O)[C@H](O)[C@H]6O)CC[C@]5(C)[C@H]4CC[C@]3(C)[C@H]1[C@@H]2C. The Bertz CT molecular complexity index is 1550. The third-order valence-corrected chi connectivity index (χ3v) is 18.2. The average molecular weight is 887 g/mol. The monoisotopic (exact) mass is 886 g/mol. The summed E-state index contributed by atoms with van der Waals surface area (Å²) >= 11 is 0. The first kappa shape index (κ1) is 46.4. The van der Waals surface area contributed by atoms with E-state index >= 15 is 0 Å². The summed E-state index contributed by atoms with van der Waals surface area (Å²) in [5.74, 6) is 3.37. The molecule has 0 unspecified atom stereocenters. The highest BCUT2D eigenvalue weighted by atomic mass is 16.8. The van der Waals surface area contributed by atoms with Gasteiger partial charge in [0, 0.05) is 12.3 Å².